The molecule has 0 aliphatic rings. The van der Waals surface area contributed by atoms with Crippen molar-refractivity contribution in [1.29, 1.82) is 0 Å². The molecule has 0 radical (unpaired) electrons. The first-order valence-corrected chi connectivity index (χ1v) is 33.4. The molecule has 0 spiro atoms. The normalized spacial score (nSPS) is 12.5. The van der Waals surface area contributed by atoms with Crippen LogP contribution in [-0.2, 0) is 28.6 Å². The first-order valence-electron chi connectivity index (χ1n) is 33.4. The van der Waals surface area contributed by atoms with Gasteiger partial charge in [0.05, 0.1) is 0 Å². The van der Waals surface area contributed by atoms with Crippen LogP contribution in [0.2, 0.25) is 0 Å². The molecule has 6 nitrogen and oxygen atoms in total. The number of carbonyl (C=O) groups is 3. The Labute approximate surface area is 478 Å². The van der Waals surface area contributed by atoms with E-state index >= 15 is 0 Å². The zero-order valence-electron chi connectivity index (χ0n) is 51.2. The van der Waals surface area contributed by atoms with Gasteiger partial charge in [0.2, 0.25) is 0 Å². The summed E-state index contributed by atoms with van der Waals surface area (Å²) < 4.78 is 16.9. The van der Waals surface area contributed by atoms with E-state index in [0.29, 0.717) is 19.3 Å². The predicted molar refractivity (Wildman–Crippen MR) is 335 cm³/mol. The van der Waals surface area contributed by atoms with E-state index in [0.717, 1.165) is 96.3 Å². The van der Waals surface area contributed by atoms with Crippen LogP contribution < -0.4 is 0 Å². The molecule has 0 heterocycles. The molecule has 6 heteroatoms. The fraction of sp³-hybridized carbons (Fsp3) is 0.789. The van der Waals surface area contributed by atoms with Crippen LogP contribution in [0.5, 0.6) is 0 Å². The van der Waals surface area contributed by atoms with Gasteiger partial charge in [0.25, 0.3) is 0 Å². The molecule has 0 aromatic rings. The van der Waals surface area contributed by atoms with E-state index in [9.17, 15) is 14.4 Å². The van der Waals surface area contributed by atoms with Crippen molar-refractivity contribution in [3.63, 3.8) is 0 Å². The van der Waals surface area contributed by atoms with E-state index in [-0.39, 0.29) is 31.1 Å². The maximum atomic E-state index is 12.9. The number of esters is 3. The fourth-order valence-electron chi connectivity index (χ4n) is 9.58. The summed E-state index contributed by atoms with van der Waals surface area (Å²) in [4.78, 5) is 38.3. The van der Waals surface area contributed by atoms with E-state index in [1.54, 1.807) is 0 Å². The molecule has 1 atom stereocenters. The summed E-state index contributed by atoms with van der Waals surface area (Å²) in [5.74, 6) is -0.889. The average molecular weight is 1080 g/mol. The molecule has 0 aromatic heterocycles. The maximum Gasteiger partial charge on any atom is 0.306 e. The Kier molecular flexibility index (Phi) is 62.7. The number of allylic oxidation sites excluding steroid dienone is 12. The Morgan fingerprint density at radius 2 is 0.481 bits per heavy atom. The van der Waals surface area contributed by atoms with Crippen molar-refractivity contribution in [2.75, 3.05) is 13.2 Å². The van der Waals surface area contributed by atoms with Gasteiger partial charge in [0, 0.05) is 19.3 Å². The molecule has 0 aliphatic heterocycles. The van der Waals surface area contributed by atoms with Gasteiger partial charge >= 0.3 is 17.9 Å². The van der Waals surface area contributed by atoms with Crippen molar-refractivity contribution in [2.24, 2.45) is 0 Å². The summed E-state index contributed by atoms with van der Waals surface area (Å²) in [7, 11) is 0. The molecule has 0 saturated carbocycles. The third-order valence-corrected chi connectivity index (χ3v) is 14.7. The maximum absolute atomic E-state index is 12.9. The number of carbonyl (C=O) groups excluding carboxylic acids is 3. The Morgan fingerprint density at radius 3 is 0.805 bits per heavy atom. The monoisotopic (exact) mass is 1070 g/mol. The lowest BCUT2D eigenvalue weighted by atomic mass is 10.0. The highest BCUT2D eigenvalue weighted by atomic mass is 16.6. The first kappa shape index (κ1) is 73.8. The number of rotatable bonds is 61. The van der Waals surface area contributed by atoms with E-state index in [4.69, 9.17) is 14.2 Å². The number of hydrogen-bond donors (Lipinski definition) is 0. The quantitative estimate of drug-likeness (QED) is 0.0261. The van der Waals surface area contributed by atoms with Crippen LogP contribution in [0.4, 0.5) is 0 Å². The van der Waals surface area contributed by atoms with Gasteiger partial charge < -0.3 is 14.2 Å². The lowest BCUT2D eigenvalue weighted by molar-refractivity contribution is -0.167. The van der Waals surface area contributed by atoms with Crippen LogP contribution in [-0.4, -0.2) is 37.2 Å². The van der Waals surface area contributed by atoms with Crippen LogP contribution in [0.3, 0.4) is 0 Å². The molecule has 0 saturated heterocycles. The summed E-state index contributed by atoms with van der Waals surface area (Å²) in [6.45, 7) is 6.58. The number of unbranched alkanes of at least 4 members (excludes halogenated alkanes) is 38. The Morgan fingerprint density at radius 1 is 0.260 bits per heavy atom. The van der Waals surface area contributed by atoms with E-state index < -0.39 is 6.10 Å². The van der Waals surface area contributed by atoms with Gasteiger partial charge in [0.15, 0.2) is 6.10 Å². The van der Waals surface area contributed by atoms with Crippen LogP contribution in [0, 0.1) is 0 Å². The van der Waals surface area contributed by atoms with Crippen LogP contribution in [0.15, 0.2) is 72.9 Å². The molecule has 77 heavy (non-hydrogen) atoms. The van der Waals surface area contributed by atoms with Crippen molar-refractivity contribution < 1.29 is 28.6 Å². The largest absolute Gasteiger partial charge is 0.462 e. The van der Waals surface area contributed by atoms with E-state index in [1.165, 1.54) is 205 Å². The second kappa shape index (κ2) is 65.4. The molecular weight excluding hydrogens is 949 g/mol. The summed E-state index contributed by atoms with van der Waals surface area (Å²) >= 11 is 0. The van der Waals surface area contributed by atoms with Crippen molar-refractivity contribution in [2.45, 2.75) is 348 Å². The van der Waals surface area contributed by atoms with Gasteiger partial charge in [0.1, 0.15) is 13.2 Å². The third kappa shape index (κ3) is 63.6. The minimum Gasteiger partial charge on any atom is -0.462 e. The smallest absolute Gasteiger partial charge is 0.306 e. The number of hydrogen-bond acceptors (Lipinski definition) is 6. The van der Waals surface area contributed by atoms with Crippen molar-refractivity contribution in [3.05, 3.63) is 72.9 Å². The van der Waals surface area contributed by atoms with Crippen LogP contribution in [0.25, 0.3) is 0 Å². The molecule has 446 valence electrons. The molecule has 1 unspecified atom stereocenters. The Balaban J connectivity index is 4.20. The topological polar surface area (TPSA) is 78.9 Å². The van der Waals surface area contributed by atoms with Gasteiger partial charge in [-0.3, -0.25) is 14.4 Å². The minimum atomic E-state index is -0.785. The van der Waals surface area contributed by atoms with Crippen molar-refractivity contribution in [3.8, 4) is 0 Å². The molecule has 0 rings (SSSR count). The lowest BCUT2D eigenvalue weighted by Crippen LogP contribution is -2.30. The number of ether oxygens (including phenoxy) is 3. The van der Waals surface area contributed by atoms with Gasteiger partial charge in [-0.25, -0.2) is 0 Å². The molecule has 0 amide bonds. The molecule has 0 aliphatic carbocycles. The van der Waals surface area contributed by atoms with Crippen molar-refractivity contribution >= 4 is 17.9 Å². The standard InChI is InChI=1S/C71H126O6/c1-4-7-10-13-16-19-22-24-26-28-30-31-32-33-34-35-36-37-38-39-41-42-44-46-49-52-55-58-61-64-70(73)76-67-68(66-75-69(72)63-60-57-54-51-48-21-18-15-12-9-6-3)77-71(74)65-62-59-56-53-50-47-45-43-40-29-27-25-23-20-17-14-11-8-5-2/h15,17-18,20,22,24-25,27-28,30,40,43,68H,4-14,16,19,21,23,26,29,31-39,41-42,44-67H2,1-3H3/b18-15-,20-17-,24-22-,27-25-,30-28-,43-40-. The Hall–Kier alpha value is -3.15. The summed E-state index contributed by atoms with van der Waals surface area (Å²) in [5.41, 5.74) is 0. The lowest BCUT2D eigenvalue weighted by Gasteiger charge is -2.18. The van der Waals surface area contributed by atoms with Gasteiger partial charge in [-0.15, -0.1) is 0 Å². The second-order valence-corrected chi connectivity index (χ2v) is 22.4. The second-order valence-electron chi connectivity index (χ2n) is 22.4. The fourth-order valence-corrected chi connectivity index (χ4v) is 9.58. The predicted octanol–water partition coefficient (Wildman–Crippen LogP) is 22.9. The highest BCUT2D eigenvalue weighted by molar-refractivity contribution is 5.71. The van der Waals surface area contributed by atoms with Crippen LogP contribution >= 0.6 is 0 Å². The first-order chi connectivity index (χ1) is 38.0. The highest BCUT2D eigenvalue weighted by Crippen LogP contribution is 2.17. The summed E-state index contributed by atoms with van der Waals surface area (Å²) in [6, 6.07) is 0. The average Bonchev–Trinajstić information content (AvgIpc) is 3.43. The zero-order chi connectivity index (χ0) is 55.7. The van der Waals surface area contributed by atoms with Crippen molar-refractivity contribution in [1.82, 2.24) is 0 Å². The third-order valence-electron chi connectivity index (χ3n) is 14.7. The highest BCUT2D eigenvalue weighted by Gasteiger charge is 2.19. The Bertz CT molecular complexity index is 1420. The zero-order valence-corrected chi connectivity index (χ0v) is 51.2. The van der Waals surface area contributed by atoms with Gasteiger partial charge in [-0.2, -0.15) is 0 Å². The summed E-state index contributed by atoms with van der Waals surface area (Å²) in [5, 5.41) is 0. The summed E-state index contributed by atoms with van der Waals surface area (Å²) in [6.07, 6.45) is 85.0. The molecular formula is C71H126O6. The minimum absolute atomic E-state index is 0.0810. The molecule has 0 aromatic carbocycles. The van der Waals surface area contributed by atoms with E-state index in [2.05, 4.69) is 93.7 Å². The molecule has 0 N–H and O–H groups in total. The van der Waals surface area contributed by atoms with Crippen LogP contribution in [0.1, 0.15) is 342 Å². The molecule has 0 bridgehead atoms. The molecule has 0 fully saturated rings. The van der Waals surface area contributed by atoms with Gasteiger partial charge in [-0.1, -0.05) is 286 Å². The van der Waals surface area contributed by atoms with E-state index in [1.807, 2.05) is 0 Å². The SMILES string of the molecule is CCCC/C=C\CCCCCCCC(=O)OCC(COC(=O)CCCCCCCCCCCCCCCCCCC/C=C\C/C=C\CCCCCCC)OC(=O)CCCCCCCC/C=C\C/C=C\C/C=C\CCCCC. The van der Waals surface area contributed by atoms with Gasteiger partial charge in [-0.05, 0) is 109 Å².